The smallest absolute Gasteiger partial charge is 0.228 e. The second-order valence-electron chi connectivity index (χ2n) is 5.59. The van der Waals surface area contributed by atoms with E-state index in [1.165, 1.54) is 0 Å². The Hall–Kier alpha value is -2.66. The van der Waals surface area contributed by atoms with Gasteiger partial charge in [0.25, 0.3) is 0 Å². The lowest BCUT2D eigenvalue weighted by atomic mass is 10.1. The maximum atomic E-state index is 12.3. The highest BCUT2D eigenvalue weighted by Crippen LogP contribution is 2.32. The van der Waals surface area contributed by atoms with Crippen LogP contribution in [0.15, 0.2) is 42.6 Å². The van der Waals surface area contributed by atoms with Gasteiger partial charge in [0.05, 0.1) is 6.42 Å². The standard InChI is InChI=1S/C18H15ClN2O3/c19-12-1-3-14-11(10-20-15(14)8-12)7-18(22)21-13-2-4-16-17(9-13)24-6-5-23-16/h1-4,8-10,20H,5-7H2,(H,21,22). The van der Waals surface area contributed by atoms with Crippen molar-refractivity contribution in [3.8, 4) is 11.5 Å². The maximum Gasteiger partial charge on any atom is 0.228 e. The van der Waals surface area contributed by atoms with Gasteiger partial charge >= 0.3 is 0 Å². The molecule has 4 rings (SSSR count). The Labute approximate surface area is 143 Å². The number of ether oxygens (including phenoxy) is 2. The van der Waals surface area contributed by atoms with Gasteiger partial charge in [-0.05, 0) is 29.8 Å². The predicted molar refractivity (Wildman–Crippen MR) is 93.1 cm³/mol. The number of hydrogen-bond donors (Lipinski definition) is 2. The van der Waals surface area contributed by atoms with E-state index in [-0.39, 0.29) is 12.3 Å². The molecule has 24 heavy (non-hydrogen) atoms. The molecule has 0 unspecified atom stereocenters. The van der Waals surface area contributed by atoms with Crippen LogP contribution in [0.3, 0.4) is 0 Å². The number of carbonyl (C=O) groups is 1. The molecule has 0 bridgehead atoms. The third kappa shape index (κ3) is 2.90. The summed E-state index contributed by atoms with van der Waals surface area (Å²) in [5, 5.41) is 4.55. The van der Waals surface area contributed by atoms with Gasteiger partial charge in [0.15, 0.2) is 11.5 Å². The number of aromatic amines is 1. The summed E-state index contributed by atoms with van der Waals surface area (Å²) in [6.45, 7) is 1.06. The topological polar surface area (TPSA) is 63.4 Å². The molecule has 1 aliphatic rings. The van der Waals surface area contributed by atoms with Gasteiger partial charge in [0.1, 0.15) is 13.2 Å². The van der Waals surface area contributed by atoms with Crippen molar-refractivity contribution in [1.29, 1.82) is 0 Å². The number of anilines is 1. The minimum Gasteiger partial charge on any atom is -0.486 e. The van der Waals surface area contributed by atoms with Crippen molar-refractivity contribution in [1.82, 2.24) is 4.98 Å². The maximum absolute atomic E-state index is 12.3. The second kappa shape index (κ2) is 6.09. The Morgan fingerprint density at radius 1 is 1.12 bits per heavy atom. The van der Waals surface area contributed by atoms with Crippen LogP contribution in [0.4, 0.5) is 5.69 Å². The highest BCUT2D eigenvalue weighted by molar-refractivity contribution is 6.31. The van der Waals surface area contributed by atoms with Gasteiger partial charge in [-0.15, -0.1) is 0 Å². The van der Waals surface area contributed by atoms with Crippen LogP contribution in [-0.2, 0) is 11.2 Å². The first-order valence-electron chi connectivity index (χ1n) is 7.64. The van der Waals surface area contributed by atoms with E-state index in [1.807, 2.05) is 24.4 Å². The molecule has 0 saturated carbocycles. The lowest BCUT2D eigenvalue weighted by Gasteiger charge is -2.19. The molecule has 0 radical (unpaired) electrons. The van der Waals surface area contributed by atoms with Gasteiger partial charge in [0.2, 0.25) is 5.91 Å². The van der Waals surface area contributed by atoms with Crippen LogP contribution in [0.25, 0.3) is 10.9 Å². The third-order valence-electron chi connectivity index (χ3n) is 3.91. The Morgan fingerprint density at radius 2 is 1.96 bits per heavy atom. The van der Waals surface area contributed by atoms with Crippen molar-refractivity contribution in [3.63, 3.8) is 0 Å². The number of rotatable bonds is 3. The van der Waals surface area contributed by atoms with Gasteiger partial charge in [-0.2, -0.15) is 0 Å². The molecule has 2 heterocycles. The van der Waals surface area contributed by atoms with E-state index in [4.69, 9.17) is 21.1 Å². The van der Waals surface area contributed by atoms with E-state index >= 15 is 0 Å². The van der Waals surface area contributed by atoms with Gasteiger partial charge in [-0.1, -0.05) is 17.7 Å². The average molecular weight is 343 g/mol. The van der Waals surface area contributed by atoms with E-state index < -0.39 is 0 Å². The number of H-pyrrole nitrogens is 1. The van der Waals surface area contributed by atoms with Crippen molar-refractivity contribution >= 4 is 34.1 Å². The van der Waals surface area contributed by atoms with Crippen molar-refractivity contribution in [2.75, 3.05) is 18.5 Å². The number of aromatic nitrogens is 1. The Bertz CT molecular complexity index is 920. The number of halogens is 1. The summed E-state index contributed by atoms with van der Waals surface area (Å²) >= 11 is 5.98. The normalized spacial score (nSPS) is 13.0. The zero-order valence-corrected chi connectivity index (χ0v) is 13.5. The van der Waals surface area contributed by atoms with Crippen molar-refractivity contribution in [2.45, 2.75) is 6.42 Å². The highest BCUT2D eigenvalue weighted by atomic mass is 35.5. The third-order valence-corrected chi connectivity index (χ3v) is 4.14. The molecule has 122 valence electrons. The summed E-state index contributed by atoms with van der Waals surface area (Å²) in [5.41, 5.74) is 2.54. The number of nitrogens with one attached hydrogen (secondary N) is 2. The fourth-order valence-corrected chi connectivity index (χ4v) is 2.98. The molecule has 0 fully saturated rings. The molecule has 6 heteroatoms. The molecular weight excluding hydrogens is 328 g/mol. The molecule has 0 atom stereocenters. The summed E-state index contributed by atoms with van der Waals surface area (Å²) in [4.78, 5) is 15.5. The van der Waals surface area contributed by atoms with Crippen molar-refractivity contribution in [2.24, 2.45) is 0 Å². The molecule has 2 aromatic carbocycles. The summed E-state index contributed by atoms with van der Waals surface area (Å²) < 4.78 is 11.0. The highest BCUT2D eigenvalue weighted by Gasteiger charge is 2.14. The molecule has 5 nitrogen and oxygen atoms in total. The van der Waals surface area contributed by atoms with Crippen LogP contribution in [0, 0.1) is 0 Å². The number of carbonyl (C=O) groups excluding carboxylic acids is 1. The van der Waals surface area contributed by atoms with Gasteiger partial charge in [-0.25, -0.2) is 0 Å². The van der Waals surface area contributed by atoms with Crippen LogP contribution >= 0.6 is 11.6 Å². The first kappa shape index (κ1) is 14.9. The van der Waals surface area contributed by atoms with Crippen molar-refractivity contribution < 1.29 is 14.3 Å². The van der Waals surface area contributed by atoms with Crippen LogP contribution < -0.4 is 14.8 Å². The first-order chi connectivity index (χ1) is 11.7. The number of fused-ring (bicyclic) bond motifs is 2. The van der Waals surface area contributed by atoms with E-state index in [0.717, 1.165) is 16.5 Å². The molecule has 0 spiro atoms. The van der Waals surface area contributed by atoms with Crippen LogP contribution in [0.2, 0.25) is 5.02 Å². The van der Waals surface area contributed by atoms with E-state index in [2.05, 4.69) is 10.3 Å². The Kier molecular flexibility index (Phi) is 3.78. The summed E-state index contributed by atoms with van der Waals surface area (Å²) in [7, 11) is 0. The molecule has 1 aliphatic heterocycles. The SMILES string of the molecule is O=C(Cc1c[nH]c2cc(Cl)ccc12)Nc1ccc2c(c1)OCCO2. The molecule has 2 N–H and O–H groups in total. The Morgan fingerprint density at radius 3 is 2.83 bits per heavy atom. The largest absolute Gasteiger partial charge is 0.486 e. The minimum absolute atomic E-state index is 0.0949. The monoisotopic (exact) mass is 342 g/mol. The van der Waals surface area contributed by atoms with E-state index in [9.17, 15) is 4.79 Å². The molecule has 1 amide bonds. The van der Waals surface area contributed by atoms with Crippen molar-refractivity contribution in [3.05, 3.63) is 53.2 Å². The molecule has 0 aliphatic carbocycles. The Balaban J connectivity index is 1.50. The van der Waals surface area contributed by atoms with Crippen LogP contribution in [-0.4, -0.2) is 24.1 Å². The van der Waals surface area contributed by atoms with Gasteiger partial charge in [-0.3, -0.25) is 4.79 Å². The number of hydrogen-bond acceptors (Lipinski definition) is 3. The molecule has 3 aromatic rings. The summed E-state index contributed by atoms with van der Waals surface area (Å²) in [6, 6.07) is 11.0. The lowest BCUT2D eigenvalue weighted by molar-refractivity contribution is -0.115. The quantitative estimate of drug-likeness (QED) is 0.761. The van der Waals surface area contributed by atoms with E-state index in [1.54, 1.807) is 18.2 Å². The van der Waals surface area contributed by atoms with Crippen LogP contribution in [0.1, 0.15) is 5.56 Å². The summed E-state index contributed by atoms with van der Waals surface area (Å²) in [6.07, 6.45) is 2.11. The van der Waals surface area contributed by atoms with Crippen LogP contribution in [0.5, 0.6) is 11.5 Å². The number of benzene rings is 2. The number of amides is 1. The summed E-state index contributed by atoms with van der Waals surface area (Å²) in [5.74, 6) is 1.26. The fraction of sp³-hybridized carbons (Fsp3) is 0.167. The zero-order valence-electron chi connectivity index (χ0n) is 12.8. The minimum atomic E-state index is -0.0949. The first-order valence-corrected chi connectivity index (χ1v) is 8.02. The zero-order chi connectivity index (χ0) is 16.5. The lowest BCUT2D eigenvalue weighted by Crippen LogP contribution is -2.17. The molecular formula is C18H15ClN2O3. The van der Waals surface area contributed by atoms with Gasteiger partial charge < -0.3 is 19.8 Å². The predicted octanol–water partition coefficient (Wildman–Crippen LogP) is 3.77. The fourth-order valence-electron chi connectivity index (χ4n) is 2.80. The second-order valence-corrected chi connectivity index (χ2v) is 6.02. The van der Waals surface area contributed by atoms with Gasteiger partial charge in [0, 0.05) is 33.9 Å². The van der Waals surface area contributed by atoms with E-state index in [0.29, 0.717) is 35.4 Å². The molecule has 0 saturated heterocycles. The molecule has 1 aromatic heterocycles. The average Bonchev–Trinajstić information content (AvgIpc) is 2.96.